The Kier molecular flexibility index (Phi) is 4.81. The molecule has 2 heterocycles. The average Bonchev–Trinajstić information content (AvgIpc) is 3.01. The van der Waals surface area contributed by atoms with Crippen LogP contribution in [0.4, 0.5) is 0 Å². The van der Waals surface area contributed by atoms with E-state index in [1.54, 1.807) is 48.5 Å². The third-order valence-electron chi connectivity index (χ3n) is 5.30. The lowest BCUT2D eigenvalue weighted by molar-refractivity contribution is 0.0908. The Hall–Kier alpha value is -2.86. The van der Waals surface area contributed by atoms with Crippen LogP contribution in [0.15, 0.2) is 48.5 Å². The minimum atomic E-state index is -0.543. The Morgan fingerprint density at radius 1 is 1.07 bits per heavy atom. The van der Waals surface area contributed by atoms with E-state index in [1.165, 1.54) is 13.0 Å². The molecule has 1 unspecified atom stereocenters. The zero-order chi connectivity index (χ0) is 18.8. The van der Waals surface area contributed by atoms with E-state index in [1.807, 2.05) is 0 Å². The predicted octanol–water partition coefficient (Wildman–Crippen LogP) is 2.40. The maximum atomic E-state index is 12.5. The van der Waals surface area contributed by atoms with E-state index in [9.17, 15) is 9.59 Å². The minimum absolute atomic E-state index is 0.0633. The molecule has 2 fully saturated rings. The zero-order valence-corrected chi connectivity index (χ0v) is 15.1. The molecule has 0 radical (unpaired) electrons. The lowest BCUT2D eigenvalue weighted by Crippen LogP contribution is -2.46. The molecule has 2 aromatic carbocycles. The molecular formula is C21H23N3O3. The number of fused-ring (bicyclic) bond motifs is 2. The van der Waals surface area contributed by atoms with Crippen LogP contribution in [-0.4, -0.2) is 42.4 Å². The third kappa shape index (κ3) is 3.95. The van der Waals surface area contributed by atoms with Gasteiger partial charge in [0.25, 0.3) is 11.8 Å². The molecule has 140 valence electrons. The smallest absolute Gasteiger partial charge is 0.252 e. The molecule has 2 aromatic rings. The normalized spacial score (nSPS) is 23.6. The monoisotopic (exact) mass is 365 g/mol. The van der Waals surface area contributed by atoms with E-state index in [0.29, 0.717) is 28.5 Å². The van der Waals surface area contributed by atoms with Crippen molar-refractivity contribution in [1.29, 1.82) is 0 Å². The van der Waals surface area contributed by atoms with Gasteiger partial charge in [-0.2, -0.15) is 0 Å². The number of nitrogens with two attached hydrogens (primary N) is 1. The summed E-state index contributed by atoms with van der Waals surface area (Å²) in [4.78, 5) is 26.4. The summed E-state index contributed by atoms with van der Waals surface area (Å²) in [5, 5.41) is 3.15. The summed E-state index contributed by atoms with van der Waals surface area (Å²) in [7, 11) is 0. The highest BCUT2D eigenvalue weighted by molar-refractivity contribution is 5.96. The van der Waals surface area contributed by atoms with Gasteiger partial charge in [-0.15, -0.1) is 0 Å². The summed E-state index contributed by atoms with van der Waals surface area (Å²) in [5.41, 5.74) is 6.29. The minimum Gasteiger partial charge on any atom is -0.457 e. The first-order chi connectivity index (χ1) is 13.1. The first-order valence-electron chi connectivity index (χ1n) is 9.28. The van der Waals surface area contributed by atoms with Crippen molar-refractivity contribution in [2.24, 2.45) is 11.7 Å². The van der Waals surface area contributed by atoms with Gasteiger partial charge >= 0.3 is 0 Å². The highest BCUT2D eigenvalue weighted by Gasteiger charge is 2.32. The number of carbonyl (C=O) groups excluding carboxylic acids is 2. The van der Waals surface area contributed by atoms with Gasteiger partial charge in [-0.1, -0.05) is 12.1 Å². The second-order valence-electron chi connectivity index (χ2n) is 7.31. The fraction of sp³-hybridized carbons (Fsp3) is 0.333. The van der Waals surface area contributed by atoms with E-state index in [4.69, 9.17) is 10.5 Å². The number of hydrogen-bond acceptors (Lipinski definition) is 4. The van der Waals surface area contributed by atoms with E-state index in [-0.39, 0.29) is 11.9 Å². The number of primary amides is 1. The van der Waals surface area contributed by atoms with Crippen molar-refractivity contribution in [2.45, 2.75) is 18.9 Å². The van der Waals surface area contributed by atoms with Crippen molar-refractivity contribution in [1.82, 2.24) is 10.2 Å². The van der Waals surface area contributed by atoms with Gasteiger partial charge in [0.15, 0.2) is 0 Å². The topological polar surface area (TPSA) is 84.7 Å². The van der Waals surface area contributed by atoms with Crippen molar-refractivity contribution >= 4 is 11.8 Å². The molecule has 2 aliphatic heterocycles. The SMILES string of the molecule is NC(=O)c1ccccc1Oc1ccc(C(=O)N[C@@H]2C[C@@H]3CCN(C3)C2)cc1. The number of benzene rings is 2. The van der Waals surface area contributed by atoms with Crippen molar-refractivity contribution in [2.75, 3.05) is 19.6 Å². The van der Waals surface area contributed by atoms with E-state index < -0.39 is 5.91 Å². The summed E-state index contributed by atoms with van der Waals surface area (Å²) < 4.78 is 5.75. The number of rotatable bonds is 5. The molecule has 2 amide bonds. The molecule has 2 aliphatic rings. The van der Waals surface area contributed by atoms with Gasteiger partial charge in [0, 0.05) is 24.7 Å². The van der Waals surface area contributed by atoms with Crippen LogP contribution >= 0.6 is 0 Å². The largest absolute Gasteiger partial charge is 0.457 e. The second kappa shape index (κ2) is 7.40. The Labute approximate surface area is 158 Å². The molecule has 2 saturated heterocycles. The Bertz CT molecular complexity index is 838. The standard InChI is InChI=1S/C21H23N3O3/c22-20(25)18-3-1-2-4-19(18)27-17-7-5-15(6-8-17)21(26)23-16-11-14-9-10-24(12-14)13-16/h1-8,14,16H,9-13H2,(H2,22,25)(H,23,26)/t14-,16+/m0/s1. The highest BCUT2D eigenvalue weighted by Crippen LogP contribution is 2.27. The van der Waals surface area contributed by atoms with Crippen molar-refractivity contribution in [3.05, 3.63) is 59.7 Å². The number of ether oxygens (including phenoxy) is 1. The van der Waals surface area contributed by atoms with Crippen LogP contribution in [-0.2, 0) is 0 Å². The number of para-hydroxylation sites is 1. The molecule has 3 N–H and O–H groups in total. The molecule has 0 aliphatic carbocycles. The molecule has 6 nitrogen and oxygen atoms in total. The average molecular weight is 365 g/mol. The Morgan fingerprint density at radius 3 is 2.59 bits per heavy atom. The number of nitrogens with zero attached hydrogens (tertiary/aromatic N) is 1. The summed E-state index contributed by atoms with van der Waals surface area (Å²) in [6.45, 7) is 3.26. The number of hydrogen-bond donors (Lipinski definition) is 2. The molecule has 0 saturated carbocycles. The Morgan fingerprint density at radius 2 is 1.85 bits per heavy atom. The number of nitrogens with one attached hydrogen (secondary N) is 1. The van der Waals surface area contributed by atoms with Crippen molar-refractivity contribution < 1.29 is 14.3 Å². The van der Waals surface area contributed by atoms with Crippen LogP contribution in [0, 0.1) is 5.92 Å². The van der Waals surface area contributed by atoms with Gasteiger partial charge in [0.05, 0.1) is 5.56 Å². The lowest BCUT2D eigenvalue weighted by Gasteiger charge is -2.30. The van der Waals surface area contributed by atoms with Crippen molar-refractivity contribution in [3.8, 4) is 11.5 Å². The highest BCUT2D eigenvalue weighted by atomic mass is 16.5. The molecular weight excluding hydrogens is 342 g/mol. The number of carbonyl (C=O) groups is 2. The van der Waals surface area contributed by atoms with E-state index in [0.717, 1.165) is 19.5 Å². The molecule has 6 heteroatoms. The van der Waals surface area contributed by atoms with Crippen LogP contribution in [0.1, 0.15) is 33.6 Å². The van der Waals surface area contributed by atoms with Crippen LogP contribution in [0.25, 0.3) is 0 Å². The fourth-order valence-electron chi connectivity index (χ4n) is 3.99. The number of piperidine rings is 1. The maximum absolute atomic E-state index is 12.5. The van der Waals surface area contributed by atoms with Gasteiger partial charge in [0.1, 0.15) is 11.5 Å². The quantitative estimate of drug-likeness (QED) is 0.852. The Balaban J connectivity index is 1.40. The molecule has 0 spiro atoms. The van der Waals surface area contributed by atoms with Crippen LogP contribution < -0.4 is 15.8 Å². The van der Waals surface area contributed by atoms with Crippen LogP contribution in [0.2, 0.25) is 0 Å². The second-order valence-corrected chi connectivity index (χ2v) is 7.31. The van der Waals surface area contributed by atoms with Crippen molar-refractivity contribution in [3.63, 3.8) is 0 Å². The summed E-state index contributed by atoms with van der Waals surface area (Å²) >= 11 is 0. The van der Waals surface area contributed by atoms with Crippen LogP contribution in [0.3, 0.4) is 0 Å². The van der Waals surface area contributed by atoms with Gasteiger partial charge in [-0.25, -0.2) is 0 Å². The molecule has 27 heavy (non-hydrogen) atoms. The molecule has 2 bridgehead atoms. The van der Waals surface area contributed by atoms with E-state index in [2.05, 4.69) is 10.2 Å². The predicted molar refractivity (Wildman–Crippen MR) is 102 cm³/mol. The van der Waals surface area contributed by atoms with E-state index >= 15 is 0 Å². The van der Waals surface area contributed by atoms with Gasteiger partial charge < -0.3 is 20.7 Å². The first-order valence-corrected chi connectivity index (χ1v) is 9.28. The maximum Gasteiger partial charge on any atom is 0.252 e. The zero-order valence-electron chi connectivity index (χ0n) is 15.1. The van der Waals surface area contributed by atoms with Gasteiger partial charge in [0.2, 0.25) is 0 Å². The van der Waals surface area contributed by atoms with Gasteiger partial charge in [-0.05, 0) is 61.7 Å². The van der Waals surface area contributed by atoms with Gasteiger partial charge in [-0.3, -0.25) is 9.59 Å². The summed E-state index contributed by atoms with van der Waals surface area (Å²) in [6, 6.07) is 13.9. The molecule has 3 atom stereocenters. The first kappa shape index (κ1) is 17.5. The molecule has 0 aromatic heterocycles. The van der Waals surface area contributed by atoms with Crippen LogP contribution in [0.5, 0.6) is 11.5 Å². The molecule has 4 rings (SSSR count). The summed E-state index contributed by atoms with van der Waals surface area (Å²) in [5.74, 6) is 1.05. The summed E-state index contributed by atoms with van der Waals surface area (Å²) in [6.07, 6.45) is 2.30. The lowest BCUT2D eigenvalue weighted by atomic mass is 9.96. The third-order valence-corrected chi connectivity index (χ3v) is 5.30. The number of amides is 2. The fourth-order valence-corrected chi connectivity index (χ4v) is 3.99.